The van der Waals surface area contributed by atoms with Crippen LogP contribution < -0.4 is 11.1 Å². The van der Waals surface area contributed by atoms with Crippen LogP contribution in [0.25, 0.3) is 0 Å². The van der Waals surface area contributed by atoms with Gasteiger partial charge in [0.2, 0.25) is 5.91 Å². The highest BCUT2D eigenvalue weighted by Crippen LogP contribution is 2.07. The third kappa shape index (κ3) is 6.40. The molecule has 2 atom stereocenters. The Hall–Kier alpha value is -1.09. The van der Waals surface area contributed by atoms with Crippen molar-refractivity contribution in [1.82, 2.24) is 5.32 Å². The largest absolute Gasteiger partial charge is 0.388 e. The highest BCUT2D eigenvalue weighted by atomic mass is 16.5. The number of carbonyl (C=O) groups is 1. The number of ether oxygens (including phenoxy) is 1. The number of rotatable bonds is 7. The molecule has 0 aromatic heterocycles. The zero-order valence-corrected chi connectivity index (χ0v) is 9.82. The first kappa shape index (κ1) is 14.9. The van der Waals surface area contributed by atoms with Crippen molar-refractivity contribution >= 4 is 5.91 Å². The number of hydrogen-bond donors (Lipinski definition) is 3. The molecule has 0 aromatic carbocycles. The van der Waals surface area contributed by atoms with Gasteiger partial charge in [0.1, 0.15) is 0 Å². The first-order chi connectivity index (χ1) is 7.43. The van der Waals surface area contributed by atoms with Crippen molar-refractivity contribution in [1.29, 1.82) is 0 Å². The average molecular weight is 228 g/mol. The fraction of sp³-hybridized carbons (Fsp3) is 0.727. The van der Waals surface area contributed by atoms with Crippen LogP contribution in [0.1, 0.15) is 19.8 Å². The molecular formula is C11H20N2O3. The fourth-order valence-electron chi connectivity index (χ4n) is 1.04. The number of nitrogens with one attached hydrogen (secondary N) is 1. The molecule has 0 heterocycles. The lowest BCUT2D eigenvalue weighted by Gasteiger charge is -2.23. The Morgan fingerprint density at radius 3 is 2.88 bits per heavy atom. The van der Waals surface area contributed by atoms with E-state index in [1.165, 1.54) is 0 Å². The van der Waals surface area contributed by atoms with Crippen LogP contribution >= 0.6 is 0 Å². The Morgan fingerprint density at radius 1 is 1.75 bits per heavy atom. The second-order valence-corrected chi connectivity index (χ2v) is 3.97. The highest BCUT2D eigenvalue weighted by molar-refractivity contribution is 5.81. The van der Waals surface area contributed by atoms with Crippen LogP contribution in [0.3, 0.4) is 0 Å². The summed E-state index contributed by atoms with van der Waals surface area (Å²) in [7, 11) is 1.55. The zero-order valence-electron chi connectivity index (χ0n) is 9.82. The fourth-order valence-corrected chi connectivity index (χ4v) is 1.04. The number of amides is 1. The number of methoxy groups -OCH3 is 1. The Morgan fingerprint density at radius 2 is 2.38 bits per heavy atom. The monoisotopic (exact) mass is 228 g/mol. The van der Waals surface area contributed by atoms with Gasteiger partial charge in [0.25, 0.3) is 0 Å². The Kier molecular flexibility index (Phi) is 6.74. The van der Waals surface area contributed by atoms with Crippen LogP contribution in [0.15, 0.2) is 0 Å². The summed E-state index contributed by atoms with van der Waals surface area (Å²) in [5.41, 5.74) is 4.50. The first-order valence-corrected chi connectivity index (χ1v) is 5.11. The van der Waals surface area contributed by atoms with E-state index >= 15 is 0 Å². The predicted octanol–water partition coefficient (Wildman–Crippen LogP) is -0.759. The summed E-state index contributed by atoms with van der Waals surface area (Å²) >= 11 is 0. The van der Waals surface area contributed by atoms with E-state index in [0.717, 1.165) is 0 Å². The summed E-state index contributed by atoms with van der Waals surface area (Å²) in [6.45, 7) is 2.19. The molecule has 0 aromatic rings. The molecule has 2 unspecified atom stereocenters. The summed E-state index contributed by atoms with van der Waals surface area (Å²) in [5.74, 6) is 1.96. The van der Waals surface area contributed by atoms with E-state index in [1.807, 2.05) is 0 Å². The molecule has 0 aliphatic heterocycles. The first-order valence-electron chi connectivity index (χ1n) is 5.11. The molecule has 1 amide bonds. The SMILES string of the molecule is C#CCC(N)C(=O)NCC(C)(O)CCOC. The topological polar surface area (TPSA) is 84.6 Å². The van der Waals surface area contributed by atoms with Gasteiger partial charge >= 0.3 is 0 Å². The summed E-state index contributed by atoms with van der Waals surface area (Å²) < 4.78 is 4.85. The molecule has 5 heteroatoms. The average Bonchev–Trinajstić information content (AvgIpc) is 2.23. The molecule has 0 saturated heterocycles. The molecule has 5 nitrogen and oxygen atoms in total. The van der Waals surface area contributed by atoms with Gasteiger partial charge in [0, 0.05) is 33.1 Å². The zero-order chi connectivity index (χ0) is 12.6. The van der Waals surface area contributed by atoms with Crippen molar-refractivity contribution in [3.8, 4) is 12.3 Å². The van der Waals surface area contributed by atoms with Crippen LogP contribution in [0, 0.1) is 12.3 Å². The quantitative estimate of drug-likeness (QED) is 0.500. The van der Waals surface area contributed by atoms with E-state index < -0.39 is 11.6 Å². The molecule has 4 N–H and O–H groups in total. The lowest BCUT2D eigenvalue weighted by molar-refractivity contribution is -0.123. The van der Waals surface area contributed by atoms with E-state index in [0.29, 0.717) is 13.0 Å². The maximum Gasteiger partial charge on any atom is 0.238 e. The Bertz CT molecular complexity index is 258. The molecule has 0 spiro atoms. The number of carbonyl (C=O) groups excluding carboxylic acids is 1. The second kappa shape index (κ2) is 7.23. The lowest BCUT2D eigenvalue weighted by atomic mass is 10.0. The summed E-state index contributed by atoms with van der Waals surface area (Å²) in [6, 6.07) is -0.719. The van der Waals surface area contributed by atoms with E-state index in [4.69, 9.17) is 16.9 Å². The third-order valence-corrected chi connectivity index (χ3v) is 2.16. The van der Waals surface area contributed by atoms with Crippen LogP contribution in [-0.2, 0) is 9.53 Å². The van der Waals surface area contributed by atoms with Crippen molar-refractivity contribution in [2.45, 2.75) is 31.4 Å². The van der Waals surface area contributed by atoms with Crippen molar-refractivity contribution < 1.29 is 14.6 Å². The molecule has 0 saturated carbocycles. The number of aliphatic hydroxyl groups is 1. The lowest BCUT2D eigenvalue weighted by Crippen LogP contribution is -2.47. The number of nitrogens with two attached hydrogens (primary N) is 1. The van der Waals surface area contributed by atoms with Gasteiger partial charge in [0.05, 0.1) is 11.6 Å². The second-order valence-electron chi connectivity index (χ2n) is 3.97. The van der Waals surface area contributed by atoms with Gasteiger partial charge in [-0.25, -0.2) is 0 Å². The maximum atomic E-state index is 11.4. The third-order valence-electron chi connectivity index (χ3n) is 2.16. The minimum absolute atomic E-state index is 0.132. The molecule has 16 heavy (non-hydrogen) atoms. The van der Waals surface area contributed by atoms with Gasteiger partial charge in [0.15, 0.2) is 0 Å². The molecule has 0 aliphatic carbocycles. The van der Waals surface area contributed by atoms with Gasteiger partial charge in [-0.05, 0) is 6.92 Å². The van der Waals surface area contributed by atoms with Crippen LogP contribution in [-0.4, -0.2) is 42.9 Å². The predicted molar refractivity (Wildman–Crippen MR) is 61.6 cm³/mol. The van der Waals surface area contributed by atoms with Crippen LogP contribution in [0.4, 0.5) is 0 Å². The van der Waals surface area contributed by atoms with E-state index in [2.05, 4.69) is 11.2 Å². The molecule has 0 bridgehead atoms. The normalized spacial score (nSPS) is 15.9. The van der Waals surface area contributed by atoms with Crippen molar-refractivity contribution in [2.75, 3.05) is 20.3 Å². The molecular weight excluding hydrogens is 208 g/mol. The molecule has 92 valence electrons. The smallest absolute Gasteiger partial charge is 0.238 e. The van der Waals surface area contributed by atoms with Crippen LogP contribution in [0.5, 0.6) is 0 Å². The van der Waals surface area contributed by atoms with Crippen LogP contribution in [0.2, 0.25) is 0 Å². The van der Waals surface area contributed by atoms with E-state index in [9.17, 15) is 9.90 Å². The summed E-state index contributed by atoms with van der Waals surface area (Å²) in [4.78, 5) is 11.4. The molecule has 0 fully saturated rings. The Balaban J connectivity index is 3.94. The van der Waals surface area contributed by atoms with Gasteiger partial charge in [-0.3, -0.25) is 4.79 Å². The van der Waals surface area contributed by atoms with Gasteiger partial charge < -0.3 is 20.9 Å². The number of terminal acetylenes is 1. The van der Waals surface area contributed by atoms with Gasteiger partial charge in [-0.15, -0.1) is 12.3 Å². The maximum absolute atomic E-state index is 11.4. The Labute approximate surface area is 96.3 Å². The summed E-state index contributed by atoms with van der Waals surface area (Å²) in [6.07, 6.45) is 5.66. The molecule has 0 radical (unpaired) electrons. The van der Waals surface area contributed by atoms with E-state index in [1.54, 1.807) is 14.0 Å². The molecule has 0 rings (SSSR count). The van der Waals surface area contributed by atoms with Crippen molar-refractivity contribution in [3.05, 3.63) is 0 Å². The van der Waals surface area contributed by atoms with Gasteiger partial charge in [-0.2, -0.15) is 0 Å². The van der Waals surface area contributed by atoms with E-state index in [-0.39, 0.29) is 18.9 Å². The minimum atomic E-state index is -0.998. The molecule has 0 aliphatic rings. The van der Waals surface area contributed by atoms with Gasteiger partial charge in [-0.1, -0.05) is 0 Å². The summed E-state index contributed by atoms with van der Waals surface area (Å²) in [5, 5.41) is 12.4. The minimum Gasteiger partial charge on any atom is -0.388 e. The highest BCUT2D eigenvalue weighted by Gasteiger charge is 2.22. The van der Waals surface area contributed by atoms with Crippen molar-refractivity contribution in [2.24, 2.45) is 5.73 Å². The standard InChI is InChI=1S/C11H20N2O3/c1-4-5-9(12)10(14)13-8-11(2,15)6-7-16-3/h1,9,15H,5-8,12H2,2-3H3,(H,13,14). The van der Waals surface area contributed by atoms with Crippen molar-refractivity contribution in [3.63, 3.8) is 0 Å². The number of hydrogen-bond acceptors (Lipinski definition) is 4.